The molecule has 8 heteroatoms. The van der Waals surface area contributed by atoms with E-state index in [1.54, 1.807) is 20.8 Å². The molecular weight excluding hydrogens is 468 g/mol. The smallest absolute Gasteiger partial charge is 0.408 e. The number of amides is 2. The topological polar surface area (TPSA) is 124 Å². The highest BCUT2D eigenvalue weighted by Crippen LogP contribution is 2.30. The van der Waals surface area contributed by atoms with Crippen LogP contribution in [0.4, 0.5) is 4.79 Å². The maximum absolute atomic E-state index is 13.4. The van der Waals surface area contributed by atoms with Crippen molar-refractivity contribution < 1.29 is 14.3 Å². The Labute approximate surface area is 218 Å². The number of nitrogens with zero attached hydrogens (tertiary/aromatic N) is 1. The number of hydrogen-bond acceptors (Lipinski definition) is 5. The standard InChI is InChI=1S/C29H38N4O4/c1-19(2)25-23(13-14-24(34)32-25)21-11-9-20(10-12-21)17-22(18-30)31-26(35)29(15-7-6-8-16-29)33-27(36)37-28(3,4)5/h9-14,19,22H,6-8,15-17H2,1-5H3,(H,31,35)(H,32,34)(H,33,36)/t22-/m0/s1. The molecule has 198 valence electrons. The average Bonchev–Trinajstić information content (AvgIpc) is 2.83. The third kappa shape index (κ3) is 7.45. The van der Waals surface area contributed by atoms with Crippen LogP contribution >= 0.6 is 0 Å². The van der Waals surface area contributed by atoms with Crippen molar-refractivity contribution in [2.75, 3.05) is 0 Å². The molecular formula is C29H38N4O4. The van der Waals surface area contributed by atoms with Gasteiger partial charge in [-0.1, -0.05) is 57.4 Å². The highest BCUT2D eigenvalue weighted by molar-refractivity contribution is 5.90. The monoisotopic (exact) mass is 506 g/mol. The summed E-state index contributed by atoms with van der Waals surface area (Å²) in [6.45, 7) is 9.38. The molecule has 1 aromatic heterocycles. The van der Waals surface area contributed by atoms with Crippen molar-refractivity contribution >= 4 is 12.0 Å². The predicted molar refractivity (Wildman–Crippen MR) is 143 cm³/mol. The molecule has 2 amide bonds. The van der Waals surface area contributed by atoms with Crippen LogP contribution in [0, 0.1) is 11.3 Å². The second-order valence-corrected chi connectivity index (χ2v) is 11.1. The number of ether oxygens (including phenoxy) is 1. The zero-order chi connectivity index (χ0) is 27.2. The molecule has 1 aromatic carbocycles. The molecule has 0 bridgehead atoms. The molecule has 3 rings (SSSR count). The molecule has 1 aliphatic rings. The van der Waals surface area contributed by atoms with Crippen LogP contribution in [0.5, 0.6) is 0 Å². The number of alkyl carbamates (subject to hydrolysis) is 1. The van der Waals surface area contributed by atoms with Gasteiger partial charge in [-0.3, -0.25) is 9.59 Å². The number of carbonyl (C=O) groups is 2. The van der Waals surface area contributed by atoms with E-state index < -0.39 is 23.3 Å². The van der Waals surface area contributed by atoms with Crippen molar-refractivity contribution in [3.05, 3.63) is 58.0 Å². The van der Waals surface area contributed by atoms with Crippen molar-refractivity contribution in [3.8, 4) is 17.2 Å². The van der Waals surface area contributed by atoms with E-state index in [0.29, 0.717) is 19.3 Å². The van der Waals surface area contributed by atoms with Gasteiger partial charge in [-0.25, -0.2) is 4.79 Å². The van der Waals surface area contributed by atoms with E-state index in [9.17, 15) is 19.6 Å². The fourth-order valence-electron chi connectivity index (χ4n) is 4.74. The number of nitriles is 1. The summed E-state index contributed by atoms with van der Waals surface area (Å²) in [6.07, 6.45) is 3.32. The van der Waals surface area contributed by atoms with E-state index in [2.05, 4.69) is 21.7 Å². The highest BCUT2D eigenvalue weighted by atomic mass is 16.6. The van der Waals surface area contributed by atoms with Gasteiger partial charge in [0.25, 0.3) is 0 Å². The molecule has 8 nitrogen and oxygen atoms in total. The number of rotatable bonds is 7. The Bertz CT molecular complexity index is 1200. The van der Waals surface area contributed by atoms with E-state index in [0.717, 1.165) is 41.6 Å². The summed E-state index contributed by atoms with van der Waals surface area (Å²) in [5, 5.41) is 15.5. The Balaban J connectivity index is 1.73. The largest absolute Gasteiger partial charge is 0.444 e. The molecule has 0 unspecified atom stereocenters. The third-order valence-corrected chi connectivity index (χ3v) is 6.57. The fourth-order valence-corrected chi connectivity index (χ4v) is 4.74. The normalized spacial score (nSPS) is 15.9. The number of benzene rings is 1. The summed E-state index contributed by atoms with van der Waals surface area (Å²) < 4.78 is 5.41. The van der Waals surface area contributed by atoms with Gasteiger partial charge < -0.3 is 20.4 Å². The number of aromatic amines is 1. The maximum Gasteiger partial charge on any atom is 0.408 e. The molecule has 0 saturated heterocycles. The zero-order valence-electron chi connectivity index (χ0n) is 22.4. The van der Waals surface area contributed by atoms with Crippen LogP contribution in [0.3, 0.4) is 0 Å². The van der Waals surface area contributed by atoms with E-state index in [1.807, 2.05) is 44.2 Å². The number of pyridine rings is 1. The van der Waals surface area contributed by atoms with Crippen LogP contribution in [0.1, 0.15) is 83.9 Å². The van der Waals surface area contributed by atoms with Gasteiger partial charge in [0.15, 0.2) is 0 Å². The number of carbonyl (C=O) groups excluding carboxylic acids is 2. The number of aromatic nitrogens is 1. The lowest BCUT2D eigenvalue weighted by Crippen LogP contribution is -2.61. The van der Waals surface area contributed by atoms with Gasteiger partial charge in [0.1, 0.15) is 17.2 Å². The molecule has 1 atom stereocenters. The lowest BCUT2D eigenvalue weighted by molar-refractivity contribution is -0.129. The lowest BCUT2D eigenvalue weighted by Gasteiger charge is -2.37. The van der Waals surface area contributed by atoms with Crippen LogP contribution in [-0.2, 0) is 16.0 Å². The Morgan fingerprint density at radius 3 is 2.30 bits per heavy atom. The molecule has 1 saturated carbocycles. The molecule has 37 heavy (non-hydrogen) atoms. The number of H-pyrrole nitrogens is 1. The minimum Gasteiger partial charge on any atom is -0.444 e. The summed E-state index contributed by atoms with van der Waals surface area (Å²) >= 11 is 0. The van der Waals surface area contributed by atoms with Crippen molar-refractivity contribution in [1.29, 1.82) is 5.26 Å². The first-order valence-electron chi connectivity index (χ1n) is 13.0. The maximum atomic E-state index is 13.4. The summed E-state index contributed by atoms with van der Waals surface area (Å²) in [7, 11) is 0. The molecule has 1 heterocycles. The van der Waals surface area contributed by atoms with Gasteiger partial charge in [-0.05, 0) is 56.7 Å². The van der Waals surface area contributed by atoms with Crippen LogP contribution in [0.2, 0.25) is 0 Å². The van der Waals surface area contributed by atoms with Crippen LogP contribution in [0.25, 0.3) is 11.1 Å². The van der Waals surface area contributed by atoms with Gasteiger partial charge in [-0.2, -0.15) is 5.26 Å². The van der Waals surface area contributed by atoms with Crippen LogP contribution < -0.4 is 16.2 Å². The van der Waals surface area contributed by atoms with E-state index >= 15 is 0 Å². The van der Waals surface area contributed by atoms with Gasteiger partial charge in [-0.15, -0.1) is 0 Å². The Morgan fingerprint density at radius 2 is 1.73 bits per heavy atom. The van der Waals surface area contributed by atoms with E-state index in [-0.39, 0.29) is 17.4 Å². The van der Waals surface area contributed by atoms with Gasteiger partial charge in [0, 0.05) is 23.7 Å². The lowest BCUT2D eigenvalue weighted by atomic mass is 9.80. The SMILES string of the molecule is CC(C)c1[nH]c(=O)ccc1-c1ccc(C[C@@H](C#N)NC(=O)C2(NC(=O)OC(C)(C)C)CCCCC2)cc1. The van der Waals surface area contributed by atoms with Gasteiger partial charge in [0.2, 0.25) is 11.5 Å². The van der Waals surface area contributed by atoms with Crippen molar-refractivity contribution in [2.24, 2.45) is 0 Å². The van der Waals surface area contributed by atoms with E-state index in [1.165, 1.54) is 6.07 Å². The Hall–Kier alpha value is -3.60. The van der Waals surface area contributed by atoms with Crippen LogP contribution in [0.15, 0.2) is 41.2 Å². The molecule has 0 radical (unpaired) electrons. The number of nitrogens with one attached hydrogen (secondary N) is 3. The first-order chi connectivity index (χ1) is 17.4. The second kappa shape index (κ2) is 11.6. The van der Waals surface area contributed by atoms with Crippen LogP contribution in [-0.4, -0.2) is 34.2 Å². The Kier molecular flexibility index (Phi) is 8.80. The Morgan fingerprint density at radius 1 is 1.08 bits per heavy atom. The highest BCUT2D eigenvalue weighted by Gasteiger charge is 2.42. The molecule has 2 aromatic rings. The summed E-state index contributed by atoms with van der Waals surface area (Å²) in [5.74, 6) is -0.195. The first-order valence-corrected chi connectivity index (χ1v) is 13.0. The van der Waals surface area contributed by atoms with Gasteiger partial charge in [0.05, 0.1) is 6.07 Å². The molecule has 0 spiro atoms. The summed E-state index contributed by atoms with van der Waals surface area (Å²) in [4.78, 5) is 40.6. The zero-order valence-corrected chi connectivity index (χ0v) is 22.4. The average molecular weight is 507 g/mol. The predicted octanol–water partition coefficient (Wildman–Crippen LogP) is 4.94. The molecule has 1 aliphatic carbocycles. The fraction of sp³-hybridized carbons (Fsp3) is 0.517. The quantitative estimate of drug-likeness (QED) is 0.490. The van der Waals surface area contributed by atoms with Crippen molar-refractivity contribution in [1.82, 2.24) is 15.6 Å². The molecule has 1 fully saturated rings. The molecule has 3 N–H and O–H groups in total. The van der Waals surface area contributed by atoms with E-state index in [4.69, 9.17) is 4.74 Å². The first kappa shape index (κ1) is 28.0. The second-order valence-electron chi connectivity index (χ2n) is 11.1. The van der Waals surface area contributed by atoms with Crippen molar-refractivity contribution in [2.45, 2.75) is 96.2 Å². The summed E-state index contributed by atoms with van der Waals surface area (Å²) in [6, 6.07) is 12.5. The third-order valence-electron chi connectivity index (χ3n) is 6.57. The molecule has 0 aliphatic heterocycles. The minimum absolute atomic E-state index is 0.131. The van der Waals surface area contributed by atoms with Crippen molar-refractivity contribution in [3.63, 3.8) is 0 Å². The number of hydrogen-bond donors (Lipinski definition) is 3. The minimum atomic E-state index is -1.09. The van der Waals surface area contributed by atoms with Gasteiger partial charge >= 0.3 is 6.09 Å². The summed E-state index contributed by atoms with van der Waals surface area (Å²) in [5.41, 5.74) is 1.79.